The monoisotopic (exact) mass is 545 g/mol. The number of halogens is 2. The fourth-order valence-corrected chi connectivity index (χ4v) is 3.89. The summed E-state index contributed by atoms with van der Waals surface area (Å²) in [7, 11) is 3.10. The molecule has 178 valence electrons. The molecule has 0 unspecified atom stereocenters. The number of rotatable bonds is 10. The van der Waals surface area contributed by atoms with Gasteiger partial charge in [0.2, 0.25) is 5.91 Å². The van der Waals surface area contributed by atoms with Crippen LogP contribution >= 0.6 is 27.5 Å². The molecule has 8 heteroatoms. The fraction of sp³-hybridized carbons (Fsp3) is 0.192. The Morgan fingerprint density at radius 3 is 2.47 bits per heavy atom. The molecule has 0 bridgehead atoms. The van der Waals surface area contributed by atoms with Crippen LogP contribution in [0.4, 0.5) is 5.69 Å². The number of carbonyl (C=O) groups excluding carboxylic acids is 1. The van der Waals surface area contributed by atoms with E-state index in [0.717, 1.165) is 11.1 Å². The van der Waals surface area contributed by atoms with Crippen LogP contribution in [0, 0.1) is 0 Å². The van der Waals surface area contributed by atoms with Crippen molar-refractivity contribution in [2.75, 3.05) is 26.1 Å². The van der Waals surface area contributed by atoms with Gasteiger partial charge < -0.3 is 24.3 Å². The van der Waals surface area contributed by atoms with Crippen molar-refractivity contribution in [3.63, 3.8) is 0 Å². The topological polar surface area (TPSA) is 66.0 Å². The molecule has 0 fully saturated rings. The quantitative estimate of drug-likeness (QED) is 0.285. The second-order valence-corrected chi connectivity index (χ2v) is 8.30. The van der Waals surface area contributed by atoms with E-state index in [2.05, 4.69) is 21.2 Å². The normalized spacial score (nSPS) is 10.7. The smallest absolute Gasteiger partial charge is 0.248 e. The highest BCUT2D eigenvalue weighted by Crippen LogP contribution is 2.38. The third-order valence-corrected chi connectivity index (χ3v) is 5.70. The Morgan fingerprint density at radius 2 is 1.76 bits per heavy atom. The third-order valence-electron chi connectivity index (χ3n) is 4.74. The molecule has 6 nitrogen and oxygen atoms in total. The second kappa shape index (κ2) is 12.3. The lowest BCUT2D eigenvalue weighted by Gasteiger charge is -2.15. The minimum Gasteiger partial charge on any atom is -0.493 e. The molecule has 0 aliphatic rings. The molecular formula is C26H25BrClNO5. The summed E-state index contributed by atoms with van der Waals surface area (Å²) in [4.78, 5) is 12.4. The van der Waals surface area contributed by atoms with Crippen LogP contribution in [0.15, 0.2) is 65.1 Å². The van der Waals surface area contributed by atoms with Crippen molar-refractivity contribution in [1.82, 2.24) is 0 Å². The van der Waals surface area contributed by atoms with E-state index in [-0.39, 0.29) is 5.91 Å². The number of carbonyl (C=O) groups is 1. The predicted octanol–water partition coefficient (Wildman–Crippen LogP) is 6.75. The molecule has 0 aliphatic heterocycles. The van der Waals surface area contributed by atoms with Gasteiger partial charge in [-0.15, -0.1) is 0 Å². The van der Waals surface area contributed by atoms with Crippen molar-refractivity contribution in [3.05, 3.63) is 81.3 Å². The summed E-state index contributed by atoms with van der Waals surface area (Å²) in [5.41, 5.74) is 2.23. The van der Waals surface area contributed by atoms with Crippen LogP contribution < -0.4 is 24.3 Å². The highest BCUT2D eigenvalue weighted by molar-refractivity contribution is 9.10. The lowest BCUT2D eigenvalue weighted by molar-refractivity contribution is -0.111. The van der Waals surface area contributed by atoms with Crippen molar-refractivity contribution in [1.29, 1.82) is 0 Å². The first-order chi connectivity index (χ1) is 16.4. The SMILES string of the molecule is CCOc1cc(/C=C/C(=O)Nc2ccc(OC)c(OC)c2)cc(Br)c1OCc1ccccc1Cl. The number of ether oxygens (including phenoxy) is 4. The number of benzene rings is 3. The average molecular weight is 547 g/mol. The molecule has 0 spiro atoms. The average Bonchev–Trinajstić information content (AvgIpc) is 2.83. The van der Waals surface area contributed by atoms with Gasteiger partial charge in [0.25, 0.3) is 0 Å². The highest BCUT2D eigenvalue weighted by Gasteiger charge is 2.13. The van der Waals surface area contributed by atoms with Gasteiger partial charge in [0.1, 0.15) is 6.61 Å². The molecule has 3 rings (SSSR count). The summed E-state index contributed by atoms with van der Waals surface area (Å²) in [6.07, 6.45) is 3.14. The van der Waals surface area contributed by atoms with Gasteiger partial charge in [0.05, 0.1) is 25.3 Å². The van der Waals surface area contributed by atoms with Gasteiger partial charge in [-0.2, -0.15) is 0 Å². The molecule has 34 heavy (non-hydrogen) atoms. The molecule has 0 radical (unpaired) electrons. The lowest BCUT2D eigenvalue weighted by Crippen LogP contribution is -2.08. The number of nitrogens with one attached hydrogen (secondary N) is 1. The summed E-state index contributed by atoms with van der Waals surface area (Å²) >= 11 is 9.79. The Morgan fingerprint density at radius 1 is 1.00 bits per heavy atom. The number of amides is 1. The van der Waals surface area contributed by atoms with Crippen LogP contribution in [0.1, 0.15) is 18.1 Å². The van der Waals surface area contributed by atoms with Crippen LogP contribution in [0.5, 0.6) is 23.0 Å². The summed E-state index contributed by atoms with van der Waals surface area (Å²) < 4.78 is 23.0. The maximum atomic E-state index is 12.4. The van der Waals surface area contributed by atoms with Crippen molar-refractivity contribution < 1.29 is 23.7 Å². The minimum absolute atomic E-state index is 0.291. The first-order valence-electron chi connectivity index (χ1n) is 10.5. The first-order valence-corrected chi connectivity index (χ1v) is 11.7. The van der Waals surface area contributed by atoms with Gasteiger partial charge in [-0.3, -0.25) is 4.79 Å². The standard InChI is InChI=1S/C26H25BrClNO5/c1-4-33-24-14-17(13-20(27)26(24)34-16-18-7-5-6-8-21(18)28)9-12-25(30)29-19-10-11-22(31-2)23(15-19)32-3/h5-15H,4,16H2,1-3H3,(H,29,30)/b12-9+. The van der Waals surface area contributed by atoms with Gasteiger partial charge in [-0.25, -0.2) is 0 Å². The van der Waals surface area contributed by atoms with Crippen molar-refractivity contribution in [3.8, 4) is 23.0 Å². The van der Waals surface area contributed by atoms with Gasteiger partial charge in [0.15, 0.2) is 23.0 Å². The fourth-order valence-electron chi connectivity index (χ4n) is 3.12. The molecule has 0 aromatic heterocycles. The molecule has 0 heterocycles. The van der Waals surface area contributed by atoms with Crippen LogP contribution in [0.25, 0.3) is 6.08 Å². The van der Waals surface area contributed by atoms with E-state index < -0.39 is 0 Å². The molecular weight excluding hydrogens is 522 g/mol. The molecule has 3 aromatic carbocycles. The summed E-state index contributed by atoms with van der Waals surface area (Å²) in [6, 6.07) is 16.3. The van der Waals surface area contributed by atoms with Gasteiger partial charge in [-0.05, 0) is 64.8 Å². The van der Waals surface area contributed by atoms with Crippen LogP contribution in [-0.4, -0.2) is 26.7 Å². The van der Waals surface area contributed by atoms with E-state index in [1.807, 2.05) is 43.3 Å². The van der Waals surface area contributed by atoms with Crippen molar-refractivity contribution in [2.24, 2.45) is 0 Å². The van der Waals surface area contributed by atoms with Gasteiger partial charge in [-0.1, -0.05) is 29.8 Å². The van der Waals surface area contributed by atoms with Crippen molar-refractivity contribution in [2.45, 2.75) is 13.5 Å². The zero-order chi connectivity index (χ0) is 24.5. The maximum absolute atomic E-state index is 12.4. The molecule has 1 amide bonds. The molecule has 1 N–H and O–H groups in total. The summed E-state index contributed by atoms with van der Waals surface area (Å²) in [5.74, 6) is 1.95. The van der Waals surface area contributed by atoms with E-state index in [4.69, 9.17) is 30.5 Å². The zero-order valence-corrected chi connectivity index (χ0v) is 21.4. The number of hydrogen-bond donors (Lipinski definition) is 1. The molecule has 0 saturated carbocycles. The van der Waals surface area contributed by atoms with Crippen LogP contribution in [-0.2, 0) is 11.4 Å². The predicted molar refractivity (Wildman–Crippen MR) is 138 cm³/mol. The molecule has 0 atom stereocenters. The molecule has 0 saturated heterocycles. The van der Waals surface area contributed by atoms with E-state index >= 15 is 0 Å². The van der Waals surface area contributed by atoms with Crippen LogP contribution in [0.2, 0.25) is 5.02 Å². The van der Waals surface area contributed by atoms with Gasteiger partial charge in [0, 0.05) is 28.4 Å². The Labute approximate surface area is 212 Å². The Bertz CT molecular complexity index is 1180. The van der Waals surface area contributed by atoms with E-state index in [0.29, 0.717) is 51.4 Å². The molecule has 0 aliphatic carbocycles. The van der Waals surface area contributed by atoms with Gasteiger partial charge >= 0.3 is 0 Å². The largest absolute Gasteiger partial charge is 0.493 e. The summed E-state index contributed by atoms with van der Waals surface area (Å²) in [5, 5.41) is 3.44. The zero-order valence-electron chi connectivity index (χ0n) is 19.1. The Balaban J connectivity index is 1.74. The van der Waals surface area contributed by atoms with E-state index in [1.165, 1.54) is 6.08 Å². The Hall–Kier alpha value is -3.16. The third kappa shape index (κ3) is 6.68. The number of hydrogen-bond acceptors (Lipinski definition) is 5. The summed E-state index contributed by atoms with van der Waals surface area (Å²) in [6.45, 7) is 2.65. The second-order valence-electron chi connectivity index (χ2n) is 7.04. The van der Waals surface area contributed by atoms with E-state index in [9.17, 15) is 4.79 Å². The highest BCUT2D eigenvalue weighted by atomic mass is 79.9. The number of methoxy groups -OCH3 is 2. The van der Waals surface area contributed by atoms with Crippen LogP contribution in [0.3, 0.4) is 0 Å². The first kappa shape index (κ1) is 25.5. The Kier molecular flexibility index (Phi) is 9.24. The van der Waals surface area contributed by atoms with Crippen molar-refractivity contribution >= 4 is 45.2 Å². The van der Waals surface area contributed by atoms with E-state index in [1.54, 1.807) is 38.5 Å². The minimum atomic E-state index is -0.291. The number of anilines is 1. The molecule has 3 aromatic rings. The lowest BCUT2D eigenvalue weighted by atomic mass is 10.1. The maximum Gasteiger partial charge on any atom is 0.248 e.